The molecule has 2 fully saturated rings. The number of rotatable bonds is 6. The smallest absolute Gasteiger partial charge is 0.270 e. The number of thiophene rings is 1. The summed E-state index contributed by atoms with van der Waals surface area (Å²) >= 11 is 0.890. The highest BCUT2D eigenvalue weighted by Gasteiger charge is 2.45. The van der Waals surface area contributed by atoms with Gasteiger partial charge in [-0.05, 0) is 86.3 Å². The molecule has 4 aromatic heterocycles. The van der Waals surface area contributed by atoms with Gasteiger partial charge >= 0.3 is 0 Å². The summed E-state index contributed by atoms with van der Waals surface area (Å²) in [7, 11) is 0. The molecule has 2 N–H and O–H groups in total. The minimum atomic E-state index is -0.829. The van der Waals surface area contributed by atoms with Gasteiger partial charge in [0.25, 0.3) is 17.7 Å². The molecule has 1 aromatic carbocycles. The van der Waals surface area contributed by atoms with Gasteiger partial charge in [-0.2, -0.15) is 0 Å². The fourth-order valence-electron chi connectivity index (χ4n) is 7.06. The van der Waals surface area contributed by atoms with Crippen LogP contribution in [0.4, 0.5) is 31.8 Å². The van der Waals surface area contributed by atoms with Crippen molar-refractivity contribution in [3.8, 4) is 10.6 Å². The molecule has 3 aliphatic rings. The Morgan fingerprint density at radius 1 is 0.923 bits per heavy atom. The largest absolute Gasteiger partial charge is 0.381 e. The van der Waals surface area contributed by atoms with E-state index in [1.165, 1.54) is 23.4 Å². The molecular formula is C38H33F2N7O4S. The van der Waals surface area contributed by atoms with E-state index in [2.05, 4.69) is 30.5 Å². The van der Waals surface area contributed by atoms with Gasteiger partial charge in [-0.15, -0.1) is 11.3 Å². The van der Waals surface area contributed by atoms with Crippen LogP contribution in [0.3, 0.4) is 0 Å². The van der Waals surface area contributed by atoms with Crippen molar-refractivity contribution in [3.63, 3.8) is 0 Å². The van der Waals surface area contributed by atoms with Crippen molar-refractivity contribution >= 4 is 52.1 Å². The van der Waals surface area contributed by atoms with Gasteiger partial charge in [0, 0.05) is 73.7 Å². The highest BCUT2D eigenvalue weighted by Crippen LogP contribution is 2.44. The van der Waals surface area contributed by atoms with Gasteiger partial charge in [-0.3, -0.25) is 19.4 Å². The van der Waals surface area contributed by atoms with Crippen molar-refractivity contribution in [1.29, 1.82) is 0 Å². The topological polar surface area (TPSA) is 130 Å². The quantitative estimate of drug-likeness (QED) is 0.203. The maximum Gasteiger partial charge on any atom is 0.270 e. The molecule has 52 heavy (non-hydrogen) atoms. The predicted molar refractivity (Wildman–Crippen MR) is 193 cm³/mol. The Morgan fingerprint density at radius 3 is 2.44 bits per heavy atom. The van der Waals surface area contributed by atoms with E-state index in [1.54, 1.807) is 42.6 Å². The van der Waals surface area contributed by atoms with E-state index in [0.717, 1.165) is 62.1 Å². The summed E-state index contributed by atoms with van der Waals surface area (Å²) in [6.07, 6.45) is 6.75. The van der Waals surface area contributed by atoms with Crippen LogP contribution in [0.5, 0.6) is 0 Å². The standard InChI is InChI=1S/C38H33F2N7O4S/c1-22-18-26(34(43-19-22)46-20-38(21-46)11-16-51-17-12-38)35(48)44-24-8-6-23(7-9-24)37(50)47-15-10-25-29(40)32(36(49)45-33-27(39)4-2-14-42-33)52-31(25)30-28(47)5-3-13-41-30/h2-9,13-14,18-19H,10-12,15-17,20-21H2,1H3,(H,44,48)(H,42,45,49). The molecular weight excluding hydrogens is 689 g/mol. The number of nitrogens with zero attached hydrogens (tertiary/aromatic N) is 5. The molecule has 11 nitrogen and oxygen atoms in total. The second-order valence-electron chi connectivity index (χ2n) is 13.3. The Kier molecular flexibility index (Phi) is 8.71. The molecule has 0 saturated carbocycles. The Balaban J connectivity index is 0.989. The van der Waals surface area contributed by atoms with Crippen LogP contribution in [0.2, 0.25) is 0 Å². The number of hydrogen-bond acceptors (Lipinski definition) is 9. The van der Waals surface area contributed by atoms with Crippen molar-refractivity contribution < 1.29 is 27.9 Å². The van der Waals surface area contributed by atoms with Crippen LogP contribution in [-0.2, 0) is 11.2 Å². The van der Waals surface area contributed by atoms with Crippen molar-refractivity contribution in [2.45, 2.75) is 26.2 Å². The second-order valence-corrected chi connectivity index (χ2v) is 14.3. The molecule has 7 heterocycles. The van der Waals surface area contributed by atoms with E-state index < -0.39 is 17.5 Å². The Bertz CT molecular complexity index is 2210. The third-order valence-electron chi connectivity index (χ3n) is 9.81. The van der Waals surface area contributed by atoms with Crippen LogP contribution in [0.15, 0.2) is 73.2 Å². The van der Waals surface area contributed by atoms with Crippen LogP contribution >= 0.6 is 11.3 Å². The molecule has 8 rings (SSSR count). The lowest BCUT2D eigenvalue weighted by Gasteiger charge is -2.53. The summed E-state index contributed by atoms with van der Waals surface area (Å²) in [5.74, 6) is -2.60. The monoisotopic (exact) mass is 721 g/mol. The number of carbonyl (C=O) groups excluding carboxylic acids is 3. The van der Waals surface area contributed by atoms with E-state index >= 15 is 4.39 Å². The first-order valence-electron chi connectivity index (χ1n) is 16.9. The number of aryl methyl sites for hydroxylation is 1. The van der Waals surface area contributed by atoms with Gasteiger partial charge < -0.3 is 25.2 Å². The van der Waals surface area contributed by atoms with E-state index in [0.29, 0.717) is 38.9 Å². The van der Waals surface area contributed by atoms with Crippen LogP contribution in [0.25, 0.3) is 10.6 Å². The molecule has 0 radical (unpaired) electrons. The second kappa shape index (κ2) is 13.5. The van der Waals surface area contributed by atoms with Gasteiger partial charge in [-0.25, -0.2) is 18.7 Å². The molecule has 2 saturated heterocycles. The normalized spacial score (nSPS) is 16.0. The van der Waals surface area contributed by atoms with E-state index in [9.17, 15) is 18.8 Å². The minimum absolute atomic E-state index is 0.109. The van der Waals surface area contributed by atoms with Crippen molar-refractivity contribution in [1.82, 2.24) is 15.0 Å². The van der Waals surface area contributed by atoms with Gasteiger partial charge in [0.1, 0.15) is 16.4 Å². The summed E-state index contributed by atoms with van der Waals surface area (Å²) in [6.45, 7) is 5.20. The summed E-state index contributed by atoms with van der Waals surface area (Å²) in [5.41, 5.74) is 3.50. The lowest BCUT2D eigenvalue weighted by atomic mass is 9.73. The molecule has 14 heteroatoms. The van der Waals surface area contributed by atoms with Crippen molar-refractivity contribution in [2.75, 3.05) is 53.3 Å². The van der Waals surface area contributed by atoms with E-state index in [4.69, 9.17) is 4.74 Å². The average molecular weight is 722 g/mol. The highest BCUT2D eigenvalue weighted by molar-refractivity contribution is 7.17. The number of amides is 3. The predicted octanol–water partition coefficient (Wildman–Crippen LogP) is 6.51. The van der Waals surface area contributed by atoms with Crippen molar-refractivity contribution in [3.05, 3.63) is 112 Å². The zero-order valence-electron chi connectivity index (χ0n) is 28.1. The first-order valence-corrected chi connectivity index (χ1v) is 17.7. The molecule has 0 unspecified atom stereocenters. The SMILES string of the molecule is Cc1cnc(N2CC3(CCOCC3)C2)c(C(=O)Nc2ccc(C(=O)N3CCc4c(sc(C(=O)Nc5ncccc5F)c4F)-c4ncccc43)cc2)c1. The average Bonchev–Trinajstić information content (AvgIpc) is 3.38. The van der Waals surface area contributed by atoms with Crippen molar-refractivity contribution in [2.24, 2.45) is 5.41 Å². The summed E-state index contributed by atoms with van der Waals surface area (Å²) in [6, 6.07) is 14.4. The molecule has 5 aromatic rings. The third kappa shape index (κ3) is 6.17. The van der Waals surface area contributed by atoms with E-state index in [1.807, 2.05) is 13.0 Å². The number of anilines is 4. The Morgan fingerprint density at radius 2 is 1.67 bits per heavy atom. The molecule has 3 aliphatic heterocycles. The van der Waals surface area contributed by atoms with Crippen LogP contribution < -0.4 is 20.4 Å². The lowest BCUT2D eigenvalue weighted by molar-refractivity contribution is -0.000511. The number of hydrogen-bond donors (Lipinski definition) is 2. The van der Waals surface area contributed by atoms with Gasteiger partial charge in [0.2, 0.25) is 0 Å². The van der Waals surface area contributed by atoms with Crippen LogP contribution in [0, 0.1) is 24.0 Å². The summed E-state index contributed by atoms with van der Waals surface area (Å²) < 4.78 is 35.5. The number of carbonyl (C=O) groups is 3. The number of fused-ring (bicyclic) bond motifs is 3. The minimum Gasteiger partial charge on any atom is -0.381 e. The Hall–Kier alpha value is -5.60. The number of pyridine rings is 3. The highest BCUT2D eigenvalue weighted by atomic mass is 32.1. The maximum atomic E-state index is 15.8. The molecule has 0 aliphatic carbocycles. The van der Waals surface area contributed by atoms with E-state index in [-0.39, 0.29) is 46.5 Å². The number of halogens is 2. The van der Waals surface area contributed by atoms with Crippen LogP contribution in [-0.4, -0.2) is 65.5 Å². The van der Waals surface area contributed by atoms with Crippen LogP contribution in [0.1, 0.15) is 54.4 Å². The third-order valence-corrected chi connectivity index (χ3v) is 11.0. The Labute approximate surface area is 301 Å². The number of aromatic nitrogens is 3. The summed E-state index contributed by atoms with van der Waals surface area (Å²) in [4.78, 5) is 57.3. The fraction of sp³-hybridized carbons (Fsp3) is 0.263. The lowest BCUT2D eigenvalue weighted by Crippen LogP contribution is -2.59. The zero-order valence-corrected chi connectivity index (χ0v) is 28.9. The van der Waals surface area contributed by atoms with Gasteiger partial charge in [0.05, 0.1) is 16.1 Å². The van der Waals surface area contributed by atoms with Gasteiger partial charge in [0.15, 0.2) is 17.5 Å². The molecule has 1 spiro atoms. The number of benzene rings is 1. The molecule has 264 valence electrons. The zero-order chi connectivity index (χ0) is 36.0. The molecule has 3 amide bonds. The first kappa shape index (κ1) is 33.5. The summed E-state index contributed by atoms with van der Waals surface area (Å²) in [5, 5.41) is 5.30. The van der Waals surface area contributed by atoms with Gasteiger partial charge in [-0.1, -0.05) is 0 Å². The molecule has 0 atom stereocenters. The molecule has 0 bridgehead atoms. The fourth-order valence-corrected chi connectivity index (χ4v) is 8.19. The first-order chi connectivity index (χ1) is 25.2. The number of ether oxygens (including phenoxy) is 1. The maximum absolute atomic E-state index is 15.8. The number of nitrogens with one attached hydrogen (secondary N) is 2.